The van der Waals surface area contributed by atoms with Gasteiger partial charge < -0.3 is 24.4 Å². The zero-order chi connectivity index (χ0) is 22.2. The Bertz CT molecular complexity index is 963. The molecule has 3 unspecified atom stereocenters. The Morgan fingerprint density at radius 1 is 1.38 bits per heavy atom. The zero-order valence-corrected chi connectivity index (χ0v) is 18.4. The highest BCUT2D eigenvalue weighted by atomic mass is 31.2. The molecule has 2 aromatic rings. The van der Waals surface area contributed by atoms with Crippen LogP contribution in [0.4, 0.5) is 0 Å². The van der Waals surface area contributed by atoms with Crippen molar-refractivity contribution < 1.29 is 33.5 Å². The summed E-state index contributed by atoms with van der Waals surface area (Å²) in [6.45, 7) is 5.61. The molecular formula is C17H30N4O7P+. The third kappa shape index (κ3) is 5.30. The molecule has 4 N–H and O–H groups in total. The van der Waals surface area contributed by atoms with Crippen LogP contribution >= 0.6 is 7.60 Å². The second-order valence-electron chi connectivity index (χ2n) is 8.19. The fourth-order valence-electron chi connectivity index (χ4n) is 3.03. The molecule has 0 fully saturated rings. The van der Waals surface area contributed by atoms with Crippen LogP contribution in [-0.4, -0.2) is 59.9 Å². The van der Waals surface area contributed by atoms with Gasteiger partial charge >= 0.3 is 13.2 Å². The number of rotatable bonds is 9. The summed E-state index contributed by atoms with van der Waals surface area (Å²) in [5.41, 5.74) is -0.703. The van der Waals surface area contributed by atoms with Crippen molar-refractivity contribution in [2.24, 2.45) is 7.05 Å². The zero-order valence-electron chi connectivity index (χ0n) is 17.5. The van der Waals surface area contributed by atoms with E-state index in [2.05, 4.69) is 9.97 Å². The van der Waals surface area contributed by atoms with Gasteiger partial charge in [-0.3, -0.25) is 18.9 Å². The number of aliphatic hydroxyl groups excluding tert-OH is 1. The minimum atomic E-state index is -4.33. The minimum Gasteiger partial charge on any atom is -0.387 e. The largest absolute Gasteiger partial charge is 0.387 e. The Morgan fingerprint density at radius 2 is 2.00 bits per heavy atom. The molecule has 0 aliphatic heterocycles. The Kier molecular flexibility index (Phi) is 6.73. The summed E-state index contributed by atoms with van der Waals surface area (Å²) < 4.78 is 26.2. The number of ether oxygens (including phenoxy) is 1. The van der Waals surface area contributed by atoms with Crippen LogP contribution in [-0.2, 0) is 27.4 Å². The molecule has 0 bridgehead atoms. The summed E-state index contributed by atoms with van der Waals surface area (Å²) in [5.74, 6) is 0. The average Bonchev–Trinajstić information content (AvgIpc) is 2.87. The van der Waals surface area contributed by atoms with Crippen LogP contribution in [0.3, 0.4) is 0 Å². The summed E-state index contributed by atoms with van der Waals surface area (Å²) in [6.07, 6.45) is 1.22. The number of fused-ring (bicyclic) bond motifs is 1. The number of imidazole rings is 1. The molecule has 0 spiro atoms. The van der Waals surface area contributed by atoms with Crippen molar-refractivity contribution in [1.29, 1.82) is 0 Å². The fourth-order valence-corrected chi connectivity index (χ4v) is 4.00. The minimum absolute atomic E-state index is 0.0740. The number of hydrogen-bond donors (Lipinski definition) is 4. The fraction of sp³-hybridized carbons (Fsp3) is 0.706. The molecule has 0 radical (unpaired) electrons. The number of methoxy groups -OCH3 is 1. The Balaban J connectivity index is 2.19. The molecule has 29 heavy (non-hydrogen) atoms. The smallest absolute Gasteiger partial charge is 0.359 e. The molecule has 2 aromatic heterocycles. The molecule has 0 aromatic carbocycles. The van der Waals surface area contributed by atoms with Crippen LogP contribution in [0.1, 0.15) is 34.1 Å². The van der Waals surface area contributed by atoms with E-state index in [0.717, 1.165) is 0 Å². The summed E-state index contributed by atoms with van der Waals surface area (Å²) >= 11 is 0. The molecule has 164 valence electrons. The molecule has 11 nitrogen and oxygen atoms in total. The first-order valence-electron chi connectivity index (χ1n) is 9.07. The number of H-pyrrole nitrogens is 1. The highest BCUT2D eigenvalue weighted by Crippen LogP contribution is 2.56. The second kappa shape index (κ2) is 8.25. The number of aromatic nitrogens is 4. The van der Waals surface area contributed by atoms with Crippen LogP contribution in [0, 0.1) is 0 Å². The molecule has 2 heterocycles. The molecule has 0 amide bonds. The third-order valence-corrected chi connectivity index (χ3v) is 6.74. The van der Waals surface area contributed by atoms with Crippen LogP contribution in [0.25, 0.3) is 11.2 Å². The van der Waals surface area contributed by atoms with Crippen molar-refractivity contribution in [3.63, 3.8) is 0 Å². The normalized spacial score (nSPS) is 17.3. The van der Waals surface area contributed by atoms with Gasteiger partial charge in [0.05, 0.1) is 25.3 Å². The first kappa shape index (κ1) is 23.7. The lowest BCUT2D eigenvalue weighted by atomic mass is 9.97. The monoisotopic (exact) mass is 433 g/mol. The maximum atomic E-state index is 12.3. The first-order chi connectivity index (χ1) is 13.2. The maximum Gasteiger partial charge on any atom is 0.359 e. The number of aromatic amines is 1. The van der Waals surface area contributed by atoms with Crippen LogP contribution in [0.15, 0.2) is 17.4 Å². The molecule has 0 saturated heterocycles. The highest BCUT2D eigenvalue weighted by Gasteiger charge is 2.44. The number of aryl methyl sites for hydroxylation is 1. The molecular weight excluding hydrogens is 403 g/mol. The van der Waals surface area contributed by atoms with Gasteiger partial charge in [-0.1, -0.05) is 4.98 Å². The average molecular weight is 433 g/mol. The Morgan fingerprint density at radius 3 is 2.55 bits per heavy atom. The third-order valence-electron chi connectivity index (χ3n) is 4.62. The van der Waals surface area contributed by atoms with Crippen LogP contribution in [0.2, 0.25) is 0 Å². The first-order valence-corrected chi connectivity index (χ1v) is 10.7. The number of nitrogens with one attached hydrogen (secondary N) is 1. The standard InChI is InChI=1S/C17H29N4O7P/c1-16(2,28-29(25,26)17(3,4)24)7-12(27-6)11(22)8-21-10-20(5)13-14(21)18-9-19-15(13)23/h9-12,22,24H,7-8H2,1-6H3,(H-,18,19,23,25,26)/p+1. The van der Waals surface area contributed by atoms with E-state index in [9.17, 15) is 24.5 Å². The van der Waals surface area contributed by atoms with E-state index < -0.39 is 30.7 Å². The van der Waals surface area contributed by atoms with E-state index in [4.69, 9.17) is 9.26 Å². The van der Waals surface area contributed by atoms with Gasteiger partial charge in [0.25, 0.3) is 5.56 Å². The van der Waals surface area contributed by atoms with Crippen LogP contribution < -0.4 is 10.1 Å². The molecule has 0 saturated carbocycles. The summed E-state index contributed by atoms with van der Waals surface area (Å²) in [4.78, 5) is 28.7. The predicted octanol–water partition coefficient (Wildman–Crippen LogP) is 0.0241. The van der Waals surface area contributed by atoms with Gasteiger partial charge in [0, 0.05) is 13.5 Å². The van der Waals surface area contributed by atoms with Crippen LogP contribution in [0.5, 0.6) is 0 Å². The Labute approximate surface area is 168 Å². The van der Waals surface area contributed by atoms with E-state index in [-0.39, 0.29) is 18.5 Å². The van der Waals surface area contributed by atoms with E-state index in [1.165, 1.54) is 27.3 Å². The molecule has 0 aliphatic rings. The Hall–Kier alpha value is -1.62. The number of aliphatic hydroxyl groups is 2. The molecule has 0 aliphatic carbocycles. The van der Waals surface area contributed by atoms with Gasteiger partial charge in [-0.15, -0.1) is 0 Å². The summed E-state index contributed by atoms with van der Waals surface area (Å²) in [7, 11) is -1.23. The van der Waals surface area contributed by atoms with Gasteiger partial charge in [-0.25, -0.2) is 4.57 Å². The van der Waals surface area contributed by atoms with Crippen molar-refractivity contribution in [2.45, 2.75) is 63.8 Å². The van der Waals surface area contributed by atoms with Crippen molar-refractivity contribution in [3.05, 3.63) is 23.0 Å². The lowest BCUT2D eigenvalue weighted by molar-refractivity contribution is -0.682. The van der Waals surface area contributed by atoms with Crippen molar-refractivity contribution >= 4 is 18.8 Å². The predicted molar refractivity (Wildman–Crippen MR) is 104 cm³/mol. The van der Waals surface area contributed by atoms with E-state index in [1.54, 1.807) is 36.4 Å². The topological polar surface area (TPSA) is 151 Å². The number of hydrogen-bond acceptors (Lipinski definition) is 7. The van der Waals surface area contributed by atoms with Gasteiger partial charge in [0.1, 0.15) is 6.10 Å². The highest BCUT2D eigenvalue weighted by molar-refractivity contribution is 7.54. The van der Waals surface area contributed by atoms with Gasteiger partial charge in [-0.2, -0.15) is 0 Å². The number of nitrogens with zero attached hydrogens (tertiary/aromatic N) is 3. The van der Waals surface area contributed by atoms with Crippen molar-refractivity contribution in [1.82, 2.24) is 14.5 Å². The maximum absolute atomic E-state index is 12.3. The lowest BCUT2D eigenvalue weighted by Crippen LogP contribution is -2.47. The van der Waals surface area contributed by atoms with E-state index in [1.807, 2.05) is 0 Å². The second-order valence-corrected chi connectivity index (χ2v) is 10.5. The molecule has 3 atom stereocenters. The quantitative estimate of drug-likeness (QED) is 0.319. The van der Waals surface area contributed by atoms with E-state index in [0.29, 0.717) is 11.2 Å². The summed E-state index contributed by atoms with van der Waals surface area (Å²) in [5, 5.41) is 18.7. The summed E-state index contributed by atoms with van der Waals surface area (Å²) in [6, 6.07) is 0. The molecule has 12 heteroatoms. The van der Waals surface area contributed by atoms with Gasteiger partial charge in [-0.05, 0) is 27.7 Å². The SMILES string of the molecule is COC(CC(C)(C)OP(=O)(O)C(C)(C)O)C(O)C[n+]1cn(C)c2c(=O)[nH]cnc21. The van der Waals surface area contributed by atoms with Gasteiger partial charge in [0.15, 0.2) is 18.0 Å². The van der Waals surface area contributed by atoms with Gasteiger partial charge in [0.2, 0.25) is 5.52 Å². The van der Waals surface area contributed by atoms with Crippen molar-refractivity contribution in [3.8, 4) is 0 Å². The van der Waals surface area contributed by atoms with Crippen molar-refractivity contribution in [2.75, 3.05) is 7.11 Å². The molecule has 2 rings (SSSR count). The van der Waals surface area contributed by atoms with E-state index >= 15 is 0 Å². The lowest BCUT2D eigenvalue weighted by Gasteiger charge is -2.35.